The van der Waals surface area contributed by atoms with Crippen molar-refractivity contribution in [2.45, 2.75) is 33.2 Å². The van der Waals surface area contributed by atoms with Crippen LogP contribution in [-0.2, 0) is 48.1 Å². The fourth-order valence-corrected chi connectivity index (χ4v) is 8.48. The van der Waals surface area contributed by atoms with E-state index in [1.165, 1.54) is 36.4 Å². The first-order chi connectivity index (χ1) is 16.4. The van der Waals surface area contributed by atoms with Crippen LogP contribution >= 0.6 is 18.9 Å². The highest BCUT2D eigenvalue weighted by atomic mass is 32.2. The van der Waals surface area contributed by atoms with Crippen molar-refractivity contribution in [1.29, 1.82) is 0 Å². The molecule has 3 aromatic carbocycles. The Bertz CT molecular complexity index is 1370. The molecule has 13 heteroatoms. The van der Waals surface area contributed by atoms with Crippen LogP contribution in [-0.4, -0.2) is 37.5 Å². The van der Waals surface area contributed by atoms with Gasteiger partial charge in [-0.1, -0.05) is 54.6 Å². The van der Waals surface area contributed by atoms with Crippen LogP contribution in [0, 0.1) is 0 Å². The lowest BCUT2D eigenvalue weighted by Gasteiger charge is -2.26. The highest BCUT2D eigenvalue weighted by Gasteiger charge is 2.20. The summed E-state index contributed by atoms with van der Waals surface area (Å²) in [6.07, 6.45) is 5.79. The number of benzene rings is 3. The zero-order valence-electron chi connectivity index (χ0n) is 18.2. The van der Waals surface area contributed by atoms with E-state index in [-0.39, 0.29) is 9.79 Å². The highest BCUT2D eigenvalue weighted by Crippen LogP contribution is 2.55. The SMILES string of the molecule is C=P(Cc1cccc(SOOO)c1)(Cc1cccc(S(=O)(=O)O)c1)Cc1cccc(S(=O)(=O)O)c1. The second-order valence-corrected chi connectivity index (χ2v) is 15.2. The molecule has 9 nitrogen and oxygen atoms in total. The van der Waals surface area contributed by atoms with Crippen molar-refractivity contribution in [2.75, 3.05) is 0 Å². The molecular weight excluding hydrogens is 535 g/mol. The Morgan fingerprint density at radius 2 is 1.17 bits per heavy atom. The minimum atomic E-state index is -4.39. The molecule has 0 bridgehead atoms. The van der Waals surface area contributed by atoms with Gasteiger partial charge in [0.1, 0.15) is 0 Å². The van der Waals surface area contributed by atoms with Gasteiger partial charge in [-0.25, -0.2) is 5.26 Å². The minimum absolute atomic E-state index is 0.227. The largest absolute Gasteiger partial charge is 0.294 e. The average molecular weight is 559 g/mol. The molecule has 3 aromatic rings. The van der Waals surface area contributed by atoms with E-state index in [0.717, 1.165) is 17.6 Å². The van der Waals surface area contributed by atoms with E-state index in [1.807, 2.05) is 12.1 Å². The van der Waals surface area contributed by atoms with Gasteiger partial charge in [-0.3, -0.25) is 9.11 Å². The van der Waals surface area contributed by atoms with Crippen molar-refractivity contribution in [1.82, 2.24) is 0 Å². The second-order valence-electron chi connectivity index (χ2n) is 7.93. The maximum absolute atomic E-state index is 11.6. The molecule has 188 valence electrons. The predicted octanol–water partition coefficient (Wildman–Crippen LogP) is 4.96. The monoisotopic (exact) mass is 558 g/mol. The van der Waals surface area contributed by atoms with Crippen LogP contribution in [0.15, 0.2) is 87.5 Å². The smallest absolute Gasteiger partial charge is 0.282 e. The summed E-state index contributed by atoms with van der Waals surface area (Å²) in [5.41, 5.74) is 2.19. The minimum Gasteiger partial charge on any atom is -0.282 e. The van der Waals surface area contributed by atoms with Crippen molar-refractivity contribution in [2.24, 2.45) is 0 Å². The van der Waals surface area contributed by atoms with E-state index in [2.05, 4.69) is 15.7 Å². The van der Waals surface area contributed by atoms with Gasteiger partial charge in [0.2, 0.25) is 0 Å². The van der Waals surface area contributed by atoms with Crippen LogP contribution in [0.4, 0.5) is 0 Å². The van der Waals surface area contributed by atoms with Crippen molar-refractivity contribution in [3.05, 3.63) is 89.5 Å². The molecule has 3 N–H and O–H groups in total. The van der Waals surface area contributed by atoms with Gasteiger partial charge in [0.25, 0.3) is 20.2 Å². The molecule has 35 heavy (non-hydrogen) atoms. The molecule has 0 unspecified atom stereocenters. The number of hydrogen-bond donors (Lipinski definition) is 3. The van der Waals surface area contributed by atoms with E-state index < -0.39 is 27.1 Å². The molecular formula is C22H23O9PS3. The summed E-state index contributed by atoms with van der Waals surface area (Å²) in [5, 5.41) is 12.0. The molecule has 0 aliphatic carbocycles. The van der Waals surface area contributed by atoms with E-state index in [1.54, 1.807) is 24.3 Å². The van der Waals surface area contributed by atoms with E-state index in [4.69, 9.17) is 5.26 Å². The Kier molecular flexibility index (Phi) is 8.97. The van der Waals surface area contributed by atoms with Crippen molar-refractivity contribution in [3.63, 3.8) is 0 Å². The third kappa shape index (κ3) is 8.28. The van der Waals surface area contributed by atoms with Gasteiger partial charge in [0.15, 0.2) is 0 Å². The Hall–Kier alpha value is -1.99. The van der Waals surface area contributed by atoms with Crippen LogP contribution in [0.25, 0.3) is 0 Å². The fraction of sp³-hybridized carbons (Fsp3) is 0.136. The standard InChI is InChI=1S/C22H23O9PS3/c1-32(14-17-5-2-8-20(11-17)33-31-30-23,15-18-6-3-9-21(12-18)34(24,25)26)16-19-7-4-10-22(13-19)35(27,28)29/h2-13,23H,1,14-16H2,(H,24,25,26)(H,27,28,29). The normalized spacial score (nSPS) is 12.5. The molecule has 0 amide bonds. The van der Waals surface area contributed by atoms with Crippen molar-refractivity contribution < 1.29 is 40.6 Å². The third-order valence-electron chi connectivity index (χ3n) is 5.01. The summed E-state index contributed by atoms with van der Waals surface area (Å²) >= 11 is 0.809. The van der Waals surface area contributed by atoms with Crippen molar-refractivity contribution in [3.8, 4) is 0 Å². The summed E-state index contributed by atoms with van der Waals surface area (Å²) in [4.78, 5) is 0.203. The zero-order chi connectivity index (χ0) is 25.7. The molecule has 0 heterocycles. The molecule has 0 spiro atoms. The zero-order valence-corrected chi connectivity index (χ0v) is 21.6. The first-order valence-corrected chi connectivity index (χ1v) is 16.1. The van der Waals surface area contributed by atoms with Gasteiger partial charge in [0.05, 0.1) is 21.8 Å². The second kappa shape index (κ2) is 11.4. The summed E-state index contributed by atoms with van der Waals surface area (Å²) < 4.78 is 69.8. The molecule has 0 saturated carbocycles. The Labute approximate surface area is 208 Å². The van der Waals surface area contributed by atoms with Crippen LogP contribution in [0.5, 0.6) is 0 Å². The lowest BCUT2D eigenvalue weighted by Crippen LogP contribution is -2.03. The van der Waals surface area contributed by atoms with Gasteiger partial charge in [0, 0.05) is 4.90 Å². The lowest BCUT2D eigenvalue weighted by atomic mass is 10.2. The molecule has 0 aliphatic rings. The summed E-state index contributed by atoms with van der Waals surface area (Å²) in [6.45, 7) is -2.26. The lowest BCUT2D eigenvalue weighted by molar-refractivity contribution is -0.432. The van der Waals surface area contributed by atoms with Gasteiger partial charge in [-0.2, -0.15) is 16.8 Å². The van der Waals surface area contributed by atoms with Gasteiger partial charge < -0.3 is 0 Å². The van der Waals surface area contributed by atoms with E-state index >= 15 is 0 Å². The Morgan fingerprint density at radius 1 is 0.743 bits per heavy atom. The van der Waals surface area contributed by atoms with E-state index in [9.17, 15) is 25.9 Å². The quantitative estimate of drug-likeness (QED) is 0.0970. The van der Waals surface area contributed by atoms with Crippen LogP contribution in [0.3, 0.4) is 0 Å². The van der Waals surface area contributed by atoms with Gasteiger partial charge >= 0.3 is 0 Å². The third-order valence-corrected chi connectivity index (χ3v) is 10.4. The molecule has 3 rings (SSSR count). The predicted molar refractivity (Wildman–Crippen MR) is 135 cm³/mol. The molecule has 0 radical (unpaired) electrons. The van der Waals surface area contributed by atoms with E-state index in [0.29, 0.717) is 34.5 Å². The van der Waals surface area contributed by atoms with Gasteiger partial charge in [-0.05, 0) is 71.6 Å². The molecule has 0 saturated heterocycles. The average Bonchev–Trinajstić information content (AvgIpc) is 2.77. The molecule has 0 atom stereocenters. The molecule has 0 aromatic heterocycles. The maximum Gasteiger partial charge on any atom is 0.294 e. The highest BCUT2D eigenvalue weighted by molar-refractivity contribution is 7.94. The summed E-state index contributed by atoms with van der Waals surface area (Å²) in [5.74, 6) is 0. The number of rotatable bonds is 11. The number of hydrogen-bond acceptors (Lipinski definition) is 8. The van der Waals surface area contributed by atoms with Crippen molar-refractivity contribution >= 4 is 45.5 Å². The van der Waals surface area contributed by atoms with Crippen LogP contribution in [0.1, 0.15) is 16.7 Å². The molecule has 0 aliphatic heterocycles. The first kappa shape index (κ1) is 27.6. The van der Waals surface area contributed by atoms with Crippen LogP contribution < -0.4 is 0 Å². The Morgan fingerprint density at radius 3 is 1.60 bits per heavy atom. The van der Waals surface area contributed by atoms with Crippen LogP contribution in [0.2, 0.25) is 0 Å². The summed E-state index contributed by atoms with van der Waals surface area (Å²) in [6, 6.07) is 19.2. The Balaban J connectivity index is 1.99. The topological polar surface area (TPSA) is 147 Å². The maximum atomic E-state index is 11.6. The fourth-order valence-electron chi connectivity index (χ4n) is 3.69. The van der Waals surface area contributed by atoms with Gasteiger partial charge in [-0.15, -0.1) is 4.33 Å². The summed E-state index contributed by atoms with van der Waals surface area (Å²) in [7, 11) is -8.77. The molecule has 0 fully saturated rings. The first-order valence-electron chi connectivity index (χ1n) is 9.95.